The lowest BCUT2D eigenvalue weighted by Crippen LogP contribution is -2.29. The third-order valence-electron chi connectivity index (χ3n) is 4.16. The second kappa shape index (κ2) is 8.08. The van der Waals surface area contributed by atoms with Crippen LogP contribution in [0.3, 0.4) is 0 Å². The van der Waals surface area contributed by atoms with Crippen LogP contribution in [0.25, 0.3) is 0 Å². The fourth-order valence-corrected chi connectivity index (χ4v) is 2.98. The molecule has 1 aliphatic heterocycles. The van der Waals surface area contributed by atoms with E-state index in [1.165, 1.54) is 6.07 Å². The zero-order valence-corrected chi connectivity index (χ0v) is 14.6. The summed E-state index contributed by atoms with van der Waals surface area (Å²) in [4.78, 5) is 25.9. The average molecular weight is 377 g/mol. The van der Waals surface area contributed by atoms with Crippen LogP contribution >= 0.6 is 11.6 Å². The summed E-state index contributed by atoms with van der Waals surface area (Å²) in [5.74, 6) is -1.37. The van der Waals surface area contributed by atoms with Crippen molar-refractivity contribution in [2.75, 3.05) is 18.4 Å². The summed E-state index contributed by atoms with van der Waals surface area (Å²) in [5, 5.41) is 2.23. The van der Waals surface area contributed by atoms with Crippen molar-refractivity contribution in [2.24, 2.45) is 5.92 Å². The standard InChI is InChI=1S/C17H20ClF3N2O2/c1-2-3-4-7-23-10-11(8-15(23)24)16(25)22-14-6-5-12(18)9-13(14)17(19,20)21/h5-6,9,11H,2-4,7-8,10H2,1H3,(H,22,25). The fraction of sp³-hybridized carbons (Fsp3) is 0.529. The largest absolute Gasteiger partial charge is 0.418 e. The van der Waals surface area contributed by atoms with Gasteiger partial charge in [-0.2, -0.15) is 13.2 Å². The van der Waals surface area contributed by atoms with Gasteiger partial charge in [-0.1, -0.05) is 31.4 Å². The van der Waals surface area contributed by atoms with Gasteiger partial charge in [0.15, 0.2) is 0 Å². The first-order valence-electron chi connectivity index (χ1n) is 8.17. The Morgan fingerprint density at radius 1 is 1.36 bits per heavy atom. The van der Waals surface area contributed by atoms with Gasteiger partial charge in [0.05, 0.1) is 17.2 Å². The maximum Gasteiger partial charge on any atom is 0.418 e. The molecule has 25 heavy (non-hydrogen) atoms. The Morgan fingerprint density at radius 3 is 2.72 bits per heavy atom. The van der Waals surface area contributed by atoms with Gasteiger partial charge < -0.3 is 10.2 Å². The highest BCUT2D eigenvalue weighted by Gasteiger charge is 2.37. The number of anilines is 1. The summed E-state index contributed by atoms with van der Waals surface area (Å²) in [6.45, 7) is 2.86. The molecule has 1 N–H and O–H groups in total. The number of benzene rings is 1. The molecule has 1 heterocycles. The molecule has 1 fully saturated rings. The average Bonchev–Trinajstić information content (AvgIpc) is 2.90. The van der Waals surface area contributed by atoms with Crippen molar-refractivity contribution in [1.82, 2.24) is 4.90 Å². The fourth-order valence-electron chi connectivity index (χ4n) is 2.81. The summed E-state index contributed by atoms with van der Waals surface area (Å²) < 4.78 is 39.2. The van der Waals surface area contributed by atoms with E-state index in [0.717, 1.165) is 31.4 Å². The van der Waals surface area contributed by atoms with Crippen LogP contribution in [0.5, 0.6) is 0 Å². The number of carbonyl (C=O) groups is 2. The molecular weight excluding hydrogens is 357 g/mol. The lowest BCUT2D eigenvalue weighted by atomic mass is 10.1. The highest BCUT2D eigenvalue weighted by molar-refractivity contribution is 6.30. The van der Waals surface area contributed by atoms with E-state index < -0.39 is 23.6 Å². The van der Waals surface area contributed by atoms with Gasteiger partial charge >= 0.3 is 6.18 Å². The van der Waals surface area contributed by atoms with Crippen LogP contribution in [0.4, 0.5) is 18.9 Å². The summed E-state index contributed by atoms with van der Waals surface area (Å²) in [5.41, 5.74) is -1.35. The van der Waals surface area contributed by atoms with E-state index in [2.05, 4.69) is 5.32 Å². The minimum absolute atomic E-state index is 0.0207. The van der Waals surface area contributed by atoms with Crippen molar-refractivity contribution >= 4 is 29.1 Å². The molecule has 4 nitrogen and oxygen atoms in total. The van der Waals surface area contributed by atoms with Crippen LogP contribution < -0.4 is 5.32 Å². The molecule has 0 aliphatic carbocycles. The van der Waals surface area contributed by atoms with Gasteiger partial charge in [-0.15, -0.1) is 0 Å². The lowest BCUT2D eigenvalue weighted by molar-refractivity contribution is -0.137. The predicted octanol–water partition coefficient (Wildman–Crippen LogP) is 4.34. The molecule has 1 unspecified atom stereocenters. The predicted molar refractivity (Wildman–Crippen MR) is 89.3 cm³/mol. The molecule has 138 valence electrons. The molecule has 8 heteroatoms. The monoisotopic (exact) mass is 376 g/mol. The molecule has 1 aromatic carbocycles. The molecule has 1 saturated heterocycles. The van der Waals surface area contributed by atoms with Gasteiger partial charge in [0.2, 0.25) is 11.8 Å². The van der Waals surface area contributed by atoms with Gasteiger partial charge in [-0.05, 0) is 24.6 Å². The molecule has 1 aromatic rings. The van der Waals surface area contributed by atoms with Crippen molar-refractivity contribution < 1.29 is 22.8 Å². The second-order valence-electron chi connectivity index (χ2n) is 6.12. The van der Waals surface area contributed by atoms with Crippen LogP contribution in [-0.4, -0.2) is 29.8 Å². The number of rotatable bonds is 6. The number of hydrogen-bond acceptors (Lipinski definition) is 2. The molecule has 2 rings (SSSR count). The zero-order valence-electron chi connectivity index (χ0n) is 13.8. The summed E-state index contributed by atoms with van der Waals surface area (Å²) >= 11 is 5.62. The van der Waals surface area contributed by atoms with Crippen LogP contribution in [0.15, 0.2) is 18.2 Å². The number of unbranched alkanes of at least 4 members (excludes halogenated alkanes) is 2. The lowest BCUT2D eigenvalue weighted by Gasteiger charge is -2.17. The van der Waals surface area contributed by atoms with Crippen molar-refractivity contribution in [3.05, 3.63) is 28.8 Å². The normalized spacial score (nSPS) is 17.9. The van der Waals surface area contributed by atoms with Gasteiger partial charge in [-0.3, -0.25) is 9.59 Å². The van der Waals surface area contributed by atoms with E-state index in [1.807, 2.05) is 6.92 Å². The summed E-state index contributed by atoms with van der Waals surface area (Å²) in [6.07, 6.45) is -1.76. The molecule has 0 spiro atoms. The summed E-state index contributed by atoms with van der Waals surface area (Å²) in [7, 11) is 0. The number of hydrogen-bond donors (Lipinski definition) is 1. The minimum atomic E-state index is -4.63. The first-order chi connectivity index (χ1) is 11.7. The first kappa shape index (κ1) is 19.6. The number of nitrogens with zero attached hydrogens (tertiary/aromatic N) is 1. The van der Waals surface area contributed by atoms with Crippen LogP contribution in [0.2, 0.25) is 5.02 Å². The number of amides is 2. The maximum atomic E-state index is 13.1. The van der Waals surface area contributed by atoms with Crippen LogP contribution in [0.1, 0.15) is 38.2 Å². The Bertz CT molecular complexity index is 649. The third kappa shape index (κ3) is 5.11. The Kier molecular flexibility index (Phi) is 6.32. The molecule has 0 aromatic heterocycles. The van der Waals surface area contributed by atoms with E-state index in [-0.39, 0.29) is 29.6 Å². The third-order valence-corrected chi connectivity index (χ3v) is 4.40. The molecular formula is C17H20ClF3N2O2. The minimum Gasteiger partial charge on any atom is -0.342 e. The Labute approximate surface area is 149 Å². The highest BCUT2D eigenvalue weighted by Crippen LogP contribution is 2.37. The SMILES string of the molecule is CCCCCN1CC(C(=O)Nc2ccc(Cl)cc2C(F)(F)F)CC1=O. The number of likely N-dealkylation sites (tertiary alicyclic amines) is 1. The molecule has 1 aliphatic rings. The Balaban J connectivity index is 2.05. The van der Waals surface area contributed by atoms with Gasteiger partial charge in [0.1, 0.15) is 0 Å². The second-order valence-corrected chi connectivity index (χ2v) is 6.56. The Morgan fingerprint density at radius 2 is 2.08 bits per heavy atom. The van der Waals surface area contributed by atoms with Crippen LogP contribution in [-0.2, 0) is 15.8 Å². The molecule has 0 saturated carbocycles. The molecule has 2 amide bonds. The van der Waals surface area contributed by atoms with Crippen molar-refractivity contribution in [3.63, 3.8) is 0 Å². The van der Waals surface area contributed by atoms with E-state index in [4.69, 9.17) is 11.6 Å². The smallest absolute Gasteiger partial charge is 0.342 e. The van der Waals surface area contributed by atoms with E-state index in [1.54, 1.807) is 4.90 Å². The quantitative estimate of drug-likeness (QED) is 0.751. The Hall–Kier alpha value is -1.76. The van der Waals surface area contributed by atoms with Crippen LogP contribution in [0, 0.1) is 5.92 Å². The molecule has 0 radical (unpaired) electrons. The van der Waals surface area contributed by atoms with Gasteiger partial charge in [0, 0.05) is 24.5 Å². The van der Waals surface area contributed by atoms with E-state index in [0.29, 0.717) is 6.54 Å². The van der Waals surface area contributed by atoms with Crippen molar-refractivity contribution in [1.29, 1.82) is 0 Å². The molecule has 1 atom stereocenters. The number of halogens is 4. The number of nitrogens with one attached hydrogen (secondary N) is 1. The summed E-state index contributed by atoms with van der Waals surface area (Å²) in [6, 6.07) is 3.18. The van der Waals surface area contributed by atoms with Gasteiger partial charge in [0.25, 0.3) is 0 Å². The topological polar surface area (TPSA) is 49.4 Å². The zero-order chi connectivity index (χ0) is 18.6. The van der Waals surface area contributed by atoms with E-state index >= 15 is 0 Å². The number of alkyl halides is 3. The van der Waals surface area contributed by atoms with Crippen molar-refractivity contribution in [2.45, 2.75) is 38.8 Å². The van der Waals surface area contributed by atoms with Gasteiger partial charge in [-0.25, -0.2) is 0 Å². The van der Waals surface area contributed by atoms with E-state index in [9.17, 15) is 22.8 Å². The highest BCUT2D eigenvalue weighted by atomic mass is 35.5. The van der Waals surface area contributed by atoms with Crippen molar-refractivity contribution in [3.8, 4) is 0 Å². The number of carbonyl (C=O) groups excluding carboxylic acids is 2. The molecule has 0 bridgehead atoms. The maximum absolute atomic E-state index is 13.1. The first-order valence-corrected chi connectivity index (χ1v) is 8.55.